The standard InChI is InChI=1S/C29H30ClN3O2/c1-35-28-12-5-3-10-26(28)31-29(34)22-13-15-32(16-14-22)20-25-18-23-8-2-4-11-27(23)33(25)19-21-7-6-9-24(30)17-21/h2-12,17-18,22H,13-16,19-20H2,1H3,(H,31,34). The summed E-state index contributed by atoms with van der Waals surface area (Å²) in [6, 6.07) is 26.4. The Balaban J connectivity index is 1.26. The first-order chi connectivity index (χ1) is 17.1. The van der Waals surface area contributed by atoms with Crippen LogP contribution in [0.2, 0.25) is 5.02 Å². The highest BCUT2D eigenvalue weighted by Gasteiger charge is 2.26. The van der Waals surface area contributed by atoms with Crippen molar-refractivity contribution in [1.82, 2.24) is 9.47 Å². The number of anilines is 1. The van der Waals surface area contributed by atoms with Gasteiger partial charge in [-0.3, -0.25) is 9.69 Å². The topological polar surface area (TPSA) is 46.5 Å². The Hall–Kier alpha value is -3.28. The molecular weight excluding hydrogens is 458 g/mol. The minimum atomic E-state index is 0.00785. The summed E-state index contributed by atoms with van der Waals surface area (Å²) in [5.74, 6) is 0.767. The molecule has 1 aliphatic heterocycles. The van der Waals surface area contributed by atoms with Crippen LogP contribution in [0.1, 0.15) is 24.1 Å². The molecule has 3 aromatic carbocycles. The zero-order valence-electron chi connectivity index (χ0n) is 19.9. The molecular formula is C29H30ClN3O2. The Morgan fingerprint density at radius 3 is 2.54 bits per heavy atom. The third-order valence-corrected chi connectivity index (χ3v) is 7.07. The summed E-state index contributed by atoms with van der Waals surface area (Å²) in [6.45, 7) is 3.42. The van der Waals surface area contributed by atoms with E-state index >= 15 is 0 Å². The van der Waals surface area contributed by atoms with Crippen molar-refractivity contribution in [1.29, 1.82) is 0 Å². The number of methoxy groups -OCH3 is 1. The van der Waals surface area contributed by atoms with Crippen molar-refractivity contribution in [3.63, 3.8) is 0 Å². The molecule has 0 spiro atoms. The molecule has 0 atom stereocenters. The number of para-hydroxylation sites is 3. The molecule has 1 amide bonds. The minimum Gasteiger partial charge on any atom is -0.495 e. The normalized spacial score (nSPS) is 14.8. The second kappa shape index (κ2) is 10.5. The van der Waals surface area contributed by atoms with Crippen molar-refractivity contribution in [2.75, 3.05) is 25.5 Å². The van der Waals surface area contributed by atoms with E-state index in [1.807, 2.05) is 42.5 Å². The number of carbonyl (C=O) groups excluding carboxylic acids is 1. The molecule has 0 unspecified atom stereocenters. The zero-order valence-corrected chi connectivity index (χ0v) is 20.7. The highest BCUT2D eigenvalue weighted by molar-refractivity contribution is 6.30. The molecule has 1 saturated heterocycles. The van der Waals surface area contributed by atoms with Gasteiger partial charge in [-0.05, 0) is 73.3 Å². The van der Waals surface area contributed by atoms with Gasteiger partial charge in [0.05, 0.1) is 12.8 Å². The van der Waals surface area contributed by atoms with E-state index in [9.17, 15) is 4.79 Å². The fourth-order valence-corrected chi connectivity index (χ4v) is 5.18. The number of benzene rings is 3. The summed E-state index contributed by atoms with van der Waals surface area (Å²) in [6.07, 6.45) is 1.69. The SMILES string of the molecule is COc1ccccc1NC(=O)C1CCN(Cc2cc3ccccc3n2Cc2cccc(Cl)c2)CC1. The molecule has 4 aromatic rings. The lowest BCUT2D eigenvalue weighted by Crippen LogP contribution is -2.38. The van der Waals surface area contributed by atoms with Crippen molar-refractivity contribution in [3.05, 3.63) is 95.1 Å². The van der Waals surface area contributed by atoms with Crippen LogP contribution in [0, 0.1) is 5.92 Å². The van der Waals surface area contributed by atoms with Crippen LogP contribution >= 0.6 is 11.6 Å². The number of likely N-dealkylation sites (tertiary alicyclic amines) is 1. The molecule has 0 saturated carbocycles. The van der Waals surface area contributed by atoms with E-state index in [4.69, 9.17) is 16.3 Å². The van der Waals surface area contributed by atoms with Crippen molar-refractivity contribution < 1.29 is 9.53 Å². The number of halogens is 1. The molecule has 1 aliphatic rings. The minimum absolute atomic E-state index is 0.00785. The van der Waals surface area contributed by atoms with E-state index in [2.05, 4.69) is 51.2 Å². The van der Waals surface area contributed by atoms with Crippen LogP contribution in [-0.2, 0) is 17.9 Å². The third-order valence-electron chi connectivity index (χ3n) is 6.83. The van der Waals surface area contributed by atoms with Crippen molar-refractivity contribution >= 4 is 34.1 Å². The lowest BCUT2D eigenvalue weighted by molar-refractivity contribution is -0.121. The molecule has 0 aliphatic carbocycles. The number of piperidine rings is 1. The number of carbonyl (C=O) groups is 1. The van der Waals surface area contributed by atoms with Crippen LogP contribution in [-0.4, -0.2) is 35.6 Å². The van der Waals surface area contributed by atoms with Gasteiger partial charge in [-0.15, -0.1) is 0 Å². The number of aromatic nitrogens is 1. The first-order valence-electron chi connectivity index (χ1n) is 12.1. The Bertz CT molecular complexity index is 1320. The average molecular weight is 488 g/mol. The number of nitrogens with one attached hydrogen (secondary N) is 1. The maximum Gasteiger partial charge on any atom is 0.227 e. The van der Waals surface area contributed by atoms with E-state index in [-0.39, 0.29) is 11.8 Å². The predicted octanol–water partition coefficient (Wildman–Crippen LogP) is 6.20. The number of hydrogen-bond acceptors (Lipinski definition) is 3. The van der Waals surface area contributed by atoms with Gasteiger partial charge < -0.3 is 14.6 Å². The predicted molar refractivity (Wildman–Crippen MR) is 142 cm³/mol. The van der Waals surface area contributed by atoms with Crippen molar-refractivity contribution in [2.24, 2.45) is 5.92 Å². The summed E-state index contributed by atoms with van der Waals surface area (Å²) in [5.41, 5.74) is 4.43. The van der Waals surface area contributed by atoms with Crippen LogP contribution in [0.4, 0.5) is 5.69 Å². The first kappa shape index (κ1) is 23.5. The second-order valence-electron chi connectivity index (χ2n) is 9.15. The van der Waals surface area contributed by atoms with Crippen LogP contribution in [0.3, 0.4) is 0 Å². The quantitative estimate of drug-likeness (QED) is 0.337. The molecule has 0 radical (unpaired) electrons. The Morgan fingerprint density at radius 2 is 1.74 bits per heavy atom. The van der Waals surface area contributed by atoms with Gasteiger partial charge in [0.15, 0.2) is 0 Å². The molecule has 2 heterocycles. The fourth-order valence-electron chi connectivity index (χ4n) is 4.97. The maximum atomic E-state index is 12.9. The van der Waals surface area contributed by atoms with Crippen LogP contribution in [0.15, 0.2) is 78.9 Å². The maximum absolute atomic E-state index is 12.9. The van der Waals surface area contributed by atoms with Crippen LogP contribution in [0.5, 0.6) is 5.75 Å². The summed E-state index contributed by atoms with van der Waals surface area (Å²) in [5, 5.41) is 5.06. The van der Waals surface area contributed by atoms with E-state index < -0.39 is 0 Å². The van der Waals surface area contributed by atoms with Crippen molar-refractivity contribution in [2.45, 2.75) is 25.9 Å². The van der Waals surface area contributed by atoms with Crippen LogP contribution in [0.25, 0.3) is 10.9 Å². The number of fused-ring (bicyclic) bond motifs is 1. The summed E-state index contributed by atoms with van der Waals surface area (Å²) < 4.78 is 7.76. The summed E-state index contributed by atoms with van der Waals surface area (Å²) >= 11 is 6.25. The number of amides is 1. The highest BCUT2D eigenvalue weighted by atomic mass is 35.5. The Labute approximate surface area is 211 Å². The number of rotatable bonds is 7. The van der Waals surface area contributed by atoms with Gasteiger partial charge in [-0.1, -0.05) is 54.1 Å². The Kier molecular flexibility index (Phi) is 7.07. The lowest BCUT2D eigenvalue weighted by Gasteiger charge is -2.31. The van der Waals surface area contributed by atoms with E-state index in [0.29, 0.717) is 5.75 Å². The smallest absolute Gasteiger partial charge is 0.227 e. The summed E-state index contributed by atoms with van der Waals surface area (Å²) in [4.78, 5) is 15.4. The number of nitrogens with zero attached hydrogens (tertiary/aromatic N) is 2. The van der Waals surface area contributed by atoms with Gasteiger partial charge in [0.1, 0.15) is 5.75 Å². The van der Waals surface area contributed by atoms with E-state index in [0.717, 1.165) is 49.7 Å². The monoisotopic (exact) mass is 487 g/mol. The van der Waals surface area contributed by atoms with Gasteiger partial charge in [0.2, 0.25) is 5.91 Å². The van der Waals surface area contributed by atoms with E-state index in [1.54, 1.807) is 7.11 Å². The van der Waals surface area contributed by atoms with Gasteiger partial charge in [0, 0.05) is 35.2 Å². The second-order valence-corrected chi connectivity index (χ2v) is 9.59. The fraction of sp³-hybridized carbons (Fsp3) is 0.276. The lowest BCUT2D eigenvalue weighted by atomic mass is 9.95. The van der Waals surface area contributed by atoms with Crippen LogP contribution < -0.4 is 10.1 Å². The third kappa shape index (κ3) is 5.37. The largest absolute Gasteiger partial charge is 0.495 e. The van der Waals surface area contributed by atoms with Gasteiger partial charge in [0.25, 0.3) is 0 Å². The first-order valence-corrected chi connectivity index (χ1v) is 12.5. The Morgan fingerprint density at radius 1 is 0.971 bits per heavy atom. The van der Waals surface area contributed by atoms with Gasteiger partial charge >= 0.3 is 0 Å². The molecule has 5 nitrogen and oxygen atoms in total. The highest BCUT2D eigenvalue weighted by Crippen LogP contribution is 2.28. The molecule has 180 valence electrons. The van der Waals surface area contributed by atoms with Gasteiger partial charge in [-0.25, -0.2) is 0 Å². The molecule has 1 fully saturated rings. The zero-order chi connectivity index (χ0) is 24.2. The molecule has 5 rings (SSSR count). The molecule has 6 heteroatoms. The summed E-state index contributed by atoms with van der Waals surface area (Å²) in [7, 11) is 1.62. The van der Waals surface area contributed by atoms with E-state index in [1.165, 1.54) is 22.2 Å². The molecule has 1 aromatic heterocycles. The number of ether oxygens (including phenoxy) is 1. The van der Waals surface area contributed by atoms with Gasteiger partial charge in [-0.2, -0.15) is 0 Å². The molecule has 35 heavy (non-hydrogen) atoms. The average Bonchev–Trinajstić information content (AvgIpc) is 3.21. The molecule has 1 N–H and O–H groups in total. The van der Waals surface area contributed by atoms with Crippen molar-refractivity contribution in [3.8, 4) is 5.75 Å². The number of hydrogen-bond donors (Lipinski definition) is 1. The molecule has 0 bridgehead atoms.